The molecule has 0 bridgehead atoms. The fourth-order valence-electron chi connectivity index (χ4n) is 1.81. The SMILES string of the molecule is CCCCCCNC(N)=NCc1cc(OC)ccc1O. The summed E-state index contributed by atoms with van der Waals surface area (Å²) in [6.45, 7) is 3.35. The van der Waals surface area contributed by atoms with Crippen molar-refractivity contribution in [2.45, 2.75) is 39.2 Å². The zero-order valence-corrected chi connectivity index (χ0v) is 12.4. The van der Waals surface area contributed by atoms with Gasteiger partial charge in [0.1, 0.15) is 11.5 Å². The number of unbranched alkanes of at least 4 members (excludes halogenated alkanes) is 3. The van der Waals surface area contributed by atoms with Crippen LogP contribution in [0, 0.1) is 0 Å². The maximum Gasteiger partial charge on any atom is 0.188 e. The molecule has 0 atom stereocenters. The molecule has 0 aliphatic heterocycles. The highest BCUT2D eigenvalue weighted by Gasteiger charge is 2.02. The minimum absolute atomic E-state index is 0.199. The van der Waals surface area contributed by atoms with Crippen molar-refractivity contribution in [2.75, 3.05) is 13.7 Å². The number of phenolic OH excluding ortho intramolecular Hbond substituents is 1. The van der Waals surface area contributed by atoms with Gasteiger partial charge in [0.05, 0.1) is 13.7 Å². The van der Waals surface area contributed by atoms with Gasteiger partial charge in [-0.2, -0.15) is 0 Å². The standard InChI is InChI=1S/C15H25N3O2/c1-3-4-5-6-9-17-15(16)18-11-12-10-13(20-2)7-8-14(12)19/h7-8,10,19H,3-6,9,11H2,1-2H3,(H3,16,17,18). The molecule has 4 N–H and O–H groups in total. The second-order valence-electron chi connectivity index (χ2n) is 4.68. The van der Waals surface area contributed by atoms with Gasteiger partial charge in [-0.25, -0.2) is 4.99 Å². The third-order valence-corrected chi connectivity index (χ3v) is 3.04. The Balaban J connectivity index is 2.42. The Morgan fingerprint density at radius 2 is 2.15 bits per heavy atom. The van der Waals surface area contributed by atoms with Crippen molar-refractivity contribution in [2.24, 2.45) is 10.7 Å². The van der Waals surface area contributed by atoms with Gasteiger partial charge in [-0.15, -0.1) is 0 Å². The van der Waals surface area contributed by atoms with E-state index >= 15 is 0 Å². The molecule has 0 saturated heterocycles. The van der Waals surface area contributed by atoms with Crippen molar-refractivity contribution >= 4 is 5.96 Å². The van der Waals surface area contributed by atoms with E-state index in [0.29, 0.717) is 23.8 Å². The highest BCUT2D eigenvalue weighted by atomic mass is 16.5. The molecule has 0 aliphatic rings. The quantitative estimate of drug-likeness (QED) is 0.388. The number of methoxy groups -OCH3 is 1. The Hall–Kier alpha value is -1.91. The number of phenols is 1. The van der Waals surface area contributed by atoms with Crippen LogP contribution in [0.3, 0.4) is 0 Å². The van der Waals surface area contributed by atoms with E-state index in [1.807, 2.05) is 0 Å². The molecule has 0 unspecified atom stereocenters. The van der Waals surface area contributed by atoms with Crippen LogP contribution >= 0.6 is 0 Å². The number of ether oxygens (including phenoxy) is 1. The molecule has 5 nitrogen and oxygen atoms in total. The van der Waals surface area contributed by atoms with E-state index in [2.05, 4.69) is 17.2 Å². The van der Waals surface area contributed by atoms with Crippen LogP contribution in [0.1, 0.15) is 38.2 Å². The summed E-state index contributed by atoms with van der Waals surface area (Å²) in [5.74, 6) is 1.30. The van der Waals surface area contributed by atoms with Crippen molar-refractivity contribution in [1.29, 1.82) is 0 Å². The molecule has 1 aromatic carbocycles. The highest BCUT2D eigenvalue weighted by Crippen LogP contribution is 2.23. The summed E-state index contributed by atoms with van der Waals surface area (Å²) in [4.78, 5) is 4.22. The molecule has 0 amide bonds. The second kappa shape index (κ2) is 9.07. The number of hydrogen-bond acceptors (Lipinski definition) is 3. The fourth-order valence-corrected chi connectivity index (χ4v) is 1.81. The van der Waals surface area contributed by atoms with Crippen LogP contribution in [0.4, 0.5) is 0 Å². The number of aliphatic imine (C=N–C) groups is 1. The van der Waals surface area contributed by atoms with Crippen LogP contribution in [0.15, 0.2) is 23.2 Å². The number of rotatable bonds is 8. The number of hydrogen-bond donors (Lipinski definition) is 3. The molecule has 20 heavy (non-hydrogen) atoms. The van der Waals surface area contributed by atoms with Gasteiger partial charge in [-0.3, -0.25) is 0 Å². The van der Waals surface area contributed by atoms with Crippen molar-refractivity contribution in [3.05, 3.63) is 23.8 Å². The molecule has 1 aromatic rings. The molecule has 0 spiro atoms. The van der Waals surface area contributed by atoms with Gasteiger partial charge in [-0.1, -0.05) is 26.2 Å². The molecular formula is C15H25N3O2. The zero-order chi connectivity index (χ0) is 14.8. The highest BCUT2D eigenvalue weighted by molar-refractivity contribution is 5.77. The first-order valence-corrected chi connectivity index (χ1v) is 7.07. The Morgan fingerprint density at radius 3 is 2.85 bits per heavy atom. The first kappa shape index (κ1) is 16.1. The lowest BCUT2D eigenvalue weighted by Crippen LogP contribution is -2.32. The van der Waals surface area contributed by atoms with E-state index in [1.54, 1.807) is 25.3 Å². The summed E-state index contributed by atoms with van der Waals surface area (Å²) in [5, 5.41) is 12.8. The molecule has 0 radical (unpaired) electrons. The van der Waals surface area contributed by atoms with Gasteiger partial charge in [0.2, 0.25) is 0 Å². The summed E-state index contributed by atoms with van der Waals surface area (Å²) in [5.41, 5.74) is 6.48. The predicted octanol–water partition coefficient (Wildman–Crippen LogP) is 2.39. The van der Waals surface area contributed by atoms with Crippen LogP contribution < -0.4 is 15.8 Å². The van der Waals surface area contributed by atoms with E-state index in [-0.39, 0.29) is 5.75 Å². The van der Waals surface area contributed by atoms with Crippen LogP contribution in [0.25, 0.3) is 0 Å². The summed E-state index contributed by atoms with van der Waals surface area (Å²) in [6.07, 6.45) is 4.76. The average molecular weight is 279 g/mol. The minimum Gasteiger partial charge on any atom is -0.508 e. The molecule has 0 aliphatic carbocycles. The maximum atomic E-state index is 9.73. The minimum atomic E-state index is 0.199. The van der Waals surface area contributed by atoms with Crippen LogP contribution in [-0.2, 0) is 6.54 Å². The van der Waals surface area contributed by atoms with Crippen LogP contribution in [0.2, 0.25) is 0 Å². The first-order valence-electron chi connectivity index (χ1n) is 7.07. The number of nitrogens with two attached hydrogens (primary N) is 1. The van der Waals surface area contributed by atoms with Crippen molar-refractivity contribution in [1.82, 2.24) is 5.32 Å². The lowest BCUT2D eigenvalue weighted by molar-refractivity contribution is 0.411. The van der Waals surface area contributed by atoms with Gasteiger partial charge >= 0.3 is 0 Å². The van der Waals surface area contributed by atoms with E-state index in [0.717, 1.165) is 13.0 Å². The third kappa shape index (κ3) is 5.82. The van der Waals surface area contributed by atoms with Crippen LogP contribution in [0.5, 0.6) is 11.5 Å². The number of nitrogens with zero attached hydrogens (tertiary/aromatic N) is 1. The number of guanidine groups is 1. The number of benzene rings is 1. The molecule has 112 valence electrons. The predicted molar refractivity (Wildman–Crippen MR) is 82.1 cm³/mol. The molecule has 0 fully saturated rings. The number of nitrogens with one attached hydrogen (secondary N) is 1. The summed E-state index contributed by atoms with van der Waals surface area (Å²) < 4.78 is 5.11. The summed E-state index contributed by atoms with van der Waals surface area (Å²) in [6, 6.07) is 5.06. The monoisotopic (exact) mass is 279 g/mol. The lowest BCUT2D eigenvalue weighted by Gasteiger charge is -2.07. The Kier molecular flexibility index (Phi) is 7.32. The Morgan fingerprint density at radius 1 is 1.35 bits per heavy atom. The maximum absolute atomic E-state index is 9.73. The van der Waals surface area contributed by atoms with Gasteiger partial charge in [-0.05, 0) is 24.6 Å². The smallest absolute Gasteiger partial charge is 0.188 e. The van der Waals surface area contributed by atoms with Crippen LogP contribution in [-0.4, -0.2) is 24.7 Å². The molecule has 1 rings (SSSR count). The van der Waals surface area contributed by atoms with Gasteiger partial charge in [0.25, 0.3) is 0 Å². The normalized spacial score (nSPS) is 11.4. The molecule has 0 aromatic heterocycles. The van der Waals surface area contributed by atoms with Gasteiger partial charge in [0, 0.05) is 12.1 Å². The first-order chi connectivity index (χ1) is 9.67. The zero-order valence-electron chi connectivity index (χ0n) is 12.4. The van der Waals surface area contributed by atoms with E-state index in [9.17, 15) is 5.11 Å². The van der Waals surface area contributed by atoms with E-state index < -0.39 is 0 Å². The molecular weight excluding hydrogens is 254 g/mol. The van der Waals surface area contributed by atoms with E-state index in [4.69, 9.17) is 10.5 Å². The van der Waals surface area contributed by atoms with Crippen molar-refractivity contribution < 1.29 is 9.84 Å². The Labute approximate surface area is 120 Å². The average Bonchev–Trinajstić information content (AvgIpc) is 2.46. The second-order valence-corrected chi connectivity index (χ2v) is 4.68. The topological polar surface area (TPSA) is 79.9 Å². The van der Waals surface area contributed by atoms with Gasteiger partial charge in [0.15, 0.2) is 5.96 Å². The molecule has 5 heteroatoms. The Bertz CT molecular complexity index is 433. The lowest BCUT2D eigenvalue weighted by atomic mass is 10.2. The molecule has 0 saturated carbocycles. The van der Waals surface area contributed by atoms with Gasteiger partial charge < -0.3 is 20.9 Å². The van der Waals surface area contributed by atoms with E-state index in [1.165, 1.54) is 19.3 Å². The number of aromatic hydroxyl groups is 1. The van der Waals surface area contributed by atoms with Crippen molar-refractivity contribution in [3.8, 4) is 11.5 Å². The molecule has 0 heterocycles. The summed E-state index contributed by atoms with van der Waals surface area (Å²) in [7, 11) is 1.59. The third-order valence-electron chi connectivity index (χ3n) is 3.04. The van der Waals surface area contributed by atoms with Crippen molar-refractivity contribution in [3.63, 3.8) is 0 Å². The fraction of sp³-hybridized carbons (Fsp3) is 0.533. The largest absolute Gasteiger partial charge is 0.508 e. The summed E-state index contributed by atoms with van der Waals surface area (Å²) >= 11 is 0.